The SMILES string of the molecule is C[Se]CCC(=O)N(C)C. The fourth-order valence-corrected chi connectivity index (χ4v) is 1.21. The number of hydrogen-bond acceptors (Lipinski definition) is 1. The van der Waals surface area contributed by atoms with E-state index >= 15 is 0 Å². The molecule has 0 aliphatic carbocycles. The van der Waals surface area contributed by atoms with E-state index in [-0.39, 0.29) is 5.91 Å². The summed E-state index contributed by atoms with van der Waals surface area (Å²) in [4.78, 5) is 12.5. The summed E-state index contributed by atoms with van der Waals surface area (Å²) in [5.41, 5.74) is 0. The number of hydrogen-bond donors (Lipinski definition) is 0. The fourth-order valence-electron chi connectivity index (χ4n) is 0.413. The molecule has 0 unspecified atom stereocenters. The van der Waals surface area contributed by atoms with E-state index in [0.29, 0.717) is 15.0 Å². The van der Waals surface area contributed by atoms with Gasteiger partial charge in [-0.15, -0.1) is 0 Å². The van der Waals surface area contributed by atoms with Crippen LogP contribution in [-0.4, -0.2) is 39.9 Å². The predicted molar refractivity (Wildman–Crippen MR) is 39.7 cm³/mol. The van der Waals surface area contributed by atoms with Gasteiger partial charge in [0, 0.05) is 0 Å². The van der Waals surface area contributed by atoms with Gasteiger partial charge in [0.2, 0.25) is 0 Å². The first-order valence-electron chi connectivity index (χ1n) is 2.87. The summed E-state index contributed by atoms with van der Waals surface area (Å²) in [6, 6.07) is 0. The quantitative estimate of drug-likeness (QED) is 0.603. The van der Waals surface area contributed by atoms with Crippen molar-refractivity contribution in [3.8, 4) is 0 Å². The predicted octanol–water partition coefficient (Wildman–Crippen LogP) is 0.635. The molecule has 0 fully saturated rings. The van der Waals surface area contributed by atoms with Crippen molar-refractivity contribution in [2.75, 3.05) is 14.1 Å². The minimum atomic E-state index is 0.249. The first-order valence-corrected chi connectivity index (χ1v) is 5.80. The third kappa shape index (κ3) is 4.49. The molecule has 0 rings (SSSR count). The second-order valence-electron chi connectivity index (χ2n) is 2.03. The van der Waals surface area contributed by atoms with Gasteiger partial charge in [0.25, 0.3) is 0 Å². The molecule has 0 saturated carbocycles. The van der Waals surface area contributed by atoms with Crippen molar-refractivity contribution in [1.29, 1.82) is 0 Å². The van der Waals surface area contributed by atoms with Gasteiger partial charge in [-0.1, -0.05) is 0 Å². The van der Waals surface area contributed by atoms with Crippen LogP contribution in [0.2, 0.25) is 11.1 Å². The molecule has 0 bridgehead atoms. The Labute approximate surface area is 62.8 Å². The van der Waals surface area contributed by atoms with E-state index < -0.39 is 0 Å². The maximum atomic E-state index is 10.8. The van der Waals surface area contributed by atoms with Crippen LogP contribution in [-0.2, 0) is 4.79 Å². The first kappa shape index (κ1) is 8.99. The average molecular weight is 194 g/mol. The number of rotatable bonds is 3. The Morgan fingerprint density at radius 3 is 2.44 bits per heavy atom. The molecule has 0 heterocycles. The Balaban J connectivity index is 3.28. The molecule has 0 saturated heterocycles. The summed E-state index contributed by atoms with van der Waals surface area (Å²) in [5.74, 6) is 2.40. The van der Waals surface area contributed by atoms with Gasteiger partial charge in [-0.2, -0.15) is 0 Å². The van der Waals surface area contributed by atoms with Crippen LogP contribution >= 0.6 is 0 Å². The molecule has 0 aromatic heterocycles. The average Bonchev–Trinajstić information content (AvgIpc) is 1.82. The Morgan fingerprint density at radius 2 is 2.11 bits per heavy atom. The second kappa shape index (κ2) is 4.83. The van der Waals surface area contributed by atoms with Gasteiger partial charge in [0.1, 0.15) is 0 Å². The van der Waals surface area contributed by atoms with Crippen molar-refractivity contribution in [2.24, 2.45) is 0 Å². The molecule has 0 radical (unpaired) electrons. The molecule has 0 aliphatic rings. The van der Waals surface area contributed by atoms with E-state index in [1.807, 2.05) is 0 Å². The van der Waals surface area contributed by atoms with Crippen molar-refractivity contribution in [3.63, 3.8) is 0 Å². The first-order chi connectivity index (χ1) is 4.18. The van der Waals surface area contributed by atoms with Gasteiger partial charge in [0.15, 0.2) is 0 Å². The van der Waals surface area contributed by atoms with Crippen LogP contribution < -0.4 is 0 Å². The van der Waals surface area contributed by atoms with E-state index in [9.17, 15) is 4.79 Å². The van der Waals surface area contributed by atoms with Gasteiger partial charge in [-0.3, -0.25) is 0 Å². The second-order valence-corrected chi connectivity index (χ2v) is 4.10. The summed E-state index contributed by atoms with van der Waals surface area (Å²) < 4.78 is 0. The Hall–Kier alpha value is -0.0105. The summed E-state index contributed by atoms with van der Waals surface area (Å²) >= 11 is 0.645. The summed E-state index contributed by atoms with van der Waals surface area (Å²) in [5, 5.41) is 1.07. The third-order valence-electron chi connectivity index (χ3n) is 1.02. The van der Waals surface area contributed by atoms with Gasteiger partial charge in [-0.25, -0.2) is 0 Å². The van der Waals surface area contributed by atoms with E-state index in [2.05, 4.69) is 5.82 Å². The Kier molecular flexibility index (Phi) is 4.82. The van der Waals surface area contributed by atoms with Crippen LogP contribution in [0.3, 0.4) is 0 Å². The van der Waals surface area contributed by atoms with Crippen molar-refractivity contribution < 1.29 is 4.79 Å². The molecule has 0 atom stereocenters. The monoisotopic (exact) mass is 195 g/mol. The Morgan fingerprint density at radius 1 is 1.56 bits per heavy atom. The molecule has 0 aromatic carbocycles. The third-order valence-corrected chi connectivity index (χ3v) is 2.30. The molecule has 0 aromatic rings. The fraction of sp³-hybridized carbons (Fsp3) is 0.833. The molecule has 0 aliphatic heterocycles. The van der Waals surface area contributed by atoms with Crippen LogP contribution in [0.5, 0.6) is 0 Å². The van der Waals surface area contributed by atoms with Crippen molar-refractivity contribution in [2.45, 2.75) is 17.6 Å². The minimum absolute atomic E-state index is 0.249. The zero-order valence-corrected chi connectivity index (χ0v) is 7.89. The van der Waals surface area contributed by atoms with E-state index in [1.54, 1.807) is 19.0 Å². The number of carbonyl (C=O) groups excluding carboxylic acids is 1. The van der Waals surface area contributed by atoms with Gasteiger partial charge in [-0.05, 0) is 0 Å². The van der Waals surface area contributed by atoms with Crippen LogP contribution in [0.15, 0.2) is 0 Å². The molecule has 0 N–H and O–H groups in total. The zero-order chi connectivity index (χ0) is 7.28. The molecule has 54 valence electrons. The standard InChI is InChI=1S/C6H13NOSe/c1-7(2)6(8)4-5-9-3/h4-5H2,1-3H3. The molecule has 3 heteroatoms. The van der Waals surface area contributed by atoms with E-state index in [1.165, 1.54) is 0 Å². The molecule has 0 spiro atoms. The van der Waals surface area contributed by atoms with Crippen LogP contribution in [0.25, 0.3) is 0 Å². The van der Waals surface area contributed by atoms with Gasteiger partial charge < -0.3 is 0 Å². The van der Waals surface area contributed by atoms with E-state index in [0.717, 1.165) is 11.7 Å². The van der Waals surface area contributed by atoms with Crippen molar-refractivity contribution in [3.05, 3.63) is 0 Å². The molecule has 1 amide bonds. The molecular weight excluding hydrogens is 181 g/mol. The van der Waals surface area contributed by atoms with Crippen molar-refractivity contribution >= 4 is 20.9 Å². The number of nitrogens with zero attached hydrogens (tertiary/aromatic N) is 1. The van der Waals surface area contributed by atoms with Gasteiger partial charge in [0.05, 0.1) is 0 Å². The topological polar surface area (TPSA) is 20.3 Å². The normalized spacial score (nSPS) is 9.22. The van der Waals surface area contributed by atoms with Crippen LogP contribution in [0.1, 0.15) is 6.42 Å². The zero-order valence-electron chi connectivity index (χ0n) is 6.18. The maximum absolute atomic E-state index is 10.8. The number of carbonyl (C=O) groups is 1. The molecule has 9 heavy (non-hydrogen) atoms. The summed E-state index contributed by atoms with van der Waals surface area (Å²) in [6.07, 6.45) is 0.726. The summed E-state index contributed by atoms with van der Waals surface area (Å²) in [6.45, 7) is 0. The molecular formula is C6H13NOSe. The van der Waals surface area contributed by atoms with Crippen molar-refractivity contribution in [1.82, 2.24) is 4.90 Å². The van der Waals surface area contributed by atoms with E-state index in [4.69, 9.17) is 0 Å². The van der Waals surface area contributed by atoms with Crippen LogP contribution in [0, 0.1) is 0 Å². The summed E-state index contributed by atoms with van der Waals surface area (Å²) in [7, 11) is 3.59. The van der Waals surface area contributed by atoms with Crippen LogP contribution in [0.4, 0.5) is 0 Å². The molecule has 2 nitrogen and oxygen atoms in total. The number of amides is 1. The van der Waals surface area contributed by atoms with Gasteiger partial charge >= 0.3 is 62.2 Å². The Bertz CT molecular complexity index is 93.1.